The average Bonchev–Trinajstić information content (AvgIpc) is 3.07. The smallest absolute Gasteiger partial charge is 0.247 e. The number of hydrogen-bond donors (Lipinski definition) is 0. The van der Waals surface area contributed by atoms with Crippen molar-refractivity contribution in [1.82, 2.24) is 4.41 Å². The second-order valence-electron chi connectivity index (χ2n) is 5.14. The van der Waals surface area contributed by atoms with Crippen molar-refractivity contribution in [2.24, 2.45) is 5.10 Å². The zero-order valence-corrected chi connectivity index (χ0v) is 12.7. The molecule has 5 nitrogen and oxygen atoms in total. The molecule has 0 unspecified atom stereocenters. The molecule has 1 aromatic heterocycles. The van der Waals surface area contributed by atoms with Crippen molar-refractivity contribution in [1.29, 1.82) is 0 Å². The van der Waals surface area contributed by atoms with E-state index in [0.29, 0.717) is 17.9 Å². The fraction of sp³-hybridized carbons (Fsp3) is 0.267. The van der Waals surface area contributed by atoms with Gasteiger partial charge in [0.05, 0.1) is 18.6 Å². The lowest BCUT2D eigenvalue weighted by molar-refractivity contribution is 0.374. The van der Waals surface area contributed by atoms with Crippen molar-refractivity contribution in [3.8, 4) is 0 Å². The molecular weight excluding hydrogens is 288 g/mol. The summed E-state index contributed by atoms with van der Waals surface area (Å²) >= 11 is 0. The van der Waals surface area contributed by atoms with Crippen molar-refractivity contribution in [2.45, 2.75) is 19.4 Å². The number of hydrogen-bond acceptors (Lipinski definition) is 4. The summed E-state index contributed by atoms with van der Waals surface area (Å²) in [6.07, 6.45) is 3.24. The fourth-order valence-corrected chi connectivity index (χ4v) is 3.48. The first kappa shape index (κ1) is 13.9. The van der Waals surface area contributed by atoms with Crippen LogP contribution in [0.4, 0.5) is 0 Å². The molecule has 1 aliphatic rings. The predicted octanol–water partition coefficient (Wildman–Crippen LogP) is 2.70. The number of sulfonamides is 1. The molecule has 0 saturated carbocycles. The van der Waals surface area contributed by atoms with E-state index in [1.165, 1.54) is 10.7 Å². The Hall–Kier alpha value is -2.08. The Morgan fingerprint density at radius 2 is 2.00 bits per heavy atom. The summed E-state index contributed by atoms with van der Waals surface area (Å²) in [5, 5.41) is 4.27. The van der Waals surface area contributed by atoms with E-state index < -0.39 is 10.0 Å². The van der Waals surface area contributed by atoms with E-state index >= 15 is 0 Å². The number of rotatable bonds is 3. The minimum Gasteiger partial charge on any atom is -0.463 e. The second-order valence-corrected chi connectivity index (χ2v) is 6.98. The summed E-state index contributed by atoms with van der Waals surface area (Å²) in [6.45, 7) is 1.97. The molecule has 0 fully saturated rings. The van der Waals surface area contributed by atoms with Crippen LogP contribution >= 0.6 is 0 Å². The number of aryl methyl sites for hydroxylation is 1. The maximum atomic E-state index is 12.0. The Bertz CT molecular complexity index is 779. The third-order valence-corrected chi connectivity index (χ3v) is 4.58. The molecule has 2 aromatic rings. The molecule has 1 aliphatic heterocycles. The molecule has 1 atom stereocenters. The SMILES string of the molecule is Cc1ccccc1[C@H]1CC(c2ccco2)=NN1S(C)(=O)=O. The molecule has 6 heteroatoms. The van der Waals surface area contributed by atoms with Crippen LogP contribution in [0.1, 0.15) is 29.3 Å². The number of hydrazone groups is 1. The molecule has 1 aromatic carbocycles. The molecule has 3 rings (SSSR count). The van der Waals surface area contributed by atoms with Crippen molar-refractivity contribution in [2.75, 3.05) is 6.26 Å². The van der Waals surface area contributed by atoms with Gasteiger partial charge in [0, 0.05) is 6.42 Å². The van der Waals surface area contributed by atoms with Crippen molar-refractivity contribution < 1.29 is 12.8 Å². The monoisotopic (exact) mass is 304 g/mol. The van der Waals surface area contributed by atoms with Gasteiger partial charge < -0.3 is 4.42 Å². The highest BCUT2D eigenvalue weighted by molar-refractivity contribution is 7.88. The van der Waals surface area contributed by atoms with E-state index in [9.17, 15) is 8.42 Å². The third-order valence-electron chi connectivity index (χ3n) is 3.57. The Kier molecular flexibility index (Phi) is 3.33. The molecule has 2 heterocycles. The molecule has 0 radical (unpaired) electrons. The van der Waals surface area contributed by atoms with Crippen LogP contribution in [0.5, 0.6) is 0 Å². The molecule has 0 N–H and O–H groups in total. The van der Waals surface area contributed by atoms with Crippen molar-refractivity contribution in [3.05, 3.63) is 59.5 Å². The maximum absolute atomic E-state index is 12.0. The first-order valence-electron chi connectivity index (χ1n) is 6.63. The minimum atomic E-state index is -3.44. The average molecular weight is 304 g/mol. The van der Waals surface area contributed by atoms with Crippen LogP contribution in [-0.2, 0) is 10.0 Å². The van der Waals surface area contributed by atoms with Gasteiger partial charge in [-0.2, -0.15) is 9.52 Å². The van der Waals surface area contributed by atoms with Gasteiger partial charge in [-0.1, -0.05) is 24.3 Å². The van der Waals surface area contributed by atoms with Crippen LogP contribution in [0.25, 0.3) is 0 Å². The largest absolute Gasteiger partial charge is 0.463 e. The molecule has 110 valence electrons. The normalized spacial score (nSPS) is 18.9. The Balaban J connectivity index is 2.04. The number of furan rings is 1. The summed E-state index contributed by atoms with van der Waals surface area (Å²) in [4.78, 5) is 0. The highest BCUT2D eigenvalue weighted by Gasteiger charge is 2.35. The summed E-state index contributed by atoms with van der Waals surface area (Å²) in [7, 11) is -3.44. The Morgan fingerprint density at radius 3 is 2.62 bits per heavy atom. The number of nitrogens with zero attached hydrogens (tertiary/aromatic N) is 2. The van der Waals surface area contributed by atoms with Crippen LogP contribution in [-0.4, -0.2) is 24.8 Å². The molecule has 21 heavy (non-hydrogen) atoms. The van der Waals surface area contributed by atoms with Crippen LogP contribution in [0, 0.1) is 6.92 Å². The van der Waals surface area contributed by atoms with Gasteiger partial charge in [0.25, 0.3) is 0 Å². The number of benzene rings is 1. The summed E-state index contributed by atoms with van der Waals surface area (Å²) in [6, 6.07) is 11.0. The molecule has 0 aliphatic carbocycles. The van der Waals surface area contributed by atoms with Gasteiger partial charge in [-0.15, -0.1) is 0 Å². The molecule has 0 spiro atoms. The van der Waals surface area contributed by atoms with Crippen LogP contribution in [0.3, 0.4) is 0 Å². The summed E-state index contributed by atoms with van der Waals surface area (Å²) < 4.78 is 30.6. The standard InChI is InChI=1S/C15H16N2O3S/c1-11-6-3-4-7-12(11)14-10-13(15-8-5-9-20-15)16-17(14)21(2,18)19/h3-9,14H,10H2,1-2H3/t14-/m1/s1. The van der Waals surface area contributed by atoms with E-state index in [0.717, 1.165) is 11.1 Å². The lowest BCUT2D eigenvalue weighted by Gasteiger charge is -2.22. The lowest BCUT2D eigenvalue weighted by Crippen LogP contribution is -2.26. The van der Waals surface area contributed by atoms with E-state index in [1.54, 1.807) is 18.4 Å². The fourth-order valence-electron chi connectivity index (χ4n) is 2.58. The van der Waals surface area contributed by atoms with Gasteiger partial charge in [0.2, 0.25) is 10.0 Å². The zero-order valence-electron chi connectivity index (χ0n) is 11.9. The van der Waals surface area contributed by atoms with E-state index in [4.69, 9.17) is 4.42 Å². The molecule has 0 bridgehead atoms. The minimum absolute atomic E-state index is 0.318. The molecular formula is C15H16N2O3S. The second kappa shape index (κ2) is 5.04. The van der Waals surface area contributed by atoms with Crippen LogP contribution in [0.15, 0.2) is 52.2 Å². The van der Waals surface area contributed by atoms with Gasteiger partial charge >= 0.3 is 0 Å². The lowest BCUT2D eigenvalue weighted by atomic mass is 9.98. The van der Waals surface area contributed by atoms with Gasteiger partial charge in [0.15, 0.2) is 0 Å². The maximum Gasteiger partial charge on any atom is 0.247 e. The highest BCUT2D eigenvalue weighted by Crippen LogP contribution is 2.35. The Morgan fingerprint density at radius 1 is 1.24 bits per heavy atom. The van der Waals surface area contributed by atoms with Crippen LogP contribution < -0.4 is 0 Å². The van der Waals surface area contributed by atoms with Crippen molar-refractivity contribution in [3.63, 3.8) is 0 Å². The van der Waals surface area contributed by atoms with Gasteiger partial charge in [-0.25, -0.2) is 8.42 Å². The van der Waals surface area contributed by atoms with E-state index in [-0.39, 0.29) is 6.04 Å². The molecule has 0 saturated heterocycles. The van der Waals surface area contributed by atoms with E-state index in [1.807, 2.05) is 31.2 Å². The van der Waals surface area contributed by atoms with Gasteiger partial charge in [-0.3, -0.25) is 0 Å². The van der Waals surface area contributed by atoms with Gasteiger partial charge in [-0.05, 0) is 30.2 Å². The quantitative estimate of drug-likeness (QED) is 0.876. The first-order chi connectivity index (χ1) is 9.97. The topological polar surface area (TPSA) is 62.9 Å². The predicted molar refractivity (Wildman–Crippen MR) is 80.5 cm³/mol. The first-order valence-corrected chi connectivity index (χ1v) is 8.48. The van der Waals surface area contributed by atoms with Crippen molar-refractivity contribution >= 4 is 15.7 Å². The van der Waals surface area contributed by atoms with E-state index in [2.05, 4.69) is 5.10 Å². The summed E-state index contributed by atoms with van der Waals surface area (Å²) in [5.41, 5.74) is 2.67. The zero-order chi connectivity index (χ0) is 15.0. The summed E-state index contributed by atoms with van der Waals surface area (Å²) in [5.74, 6) is 0.611. The van der Waals surface area contributed by atoms with Crippen LogP contribution in [0.2, 0.25) is 0 Å². The highest BCUT2D eigenvalue weighted by atomic mass is 32.2. The van der Waals surface area contributed by atoms with Gasteiger partial charge in [0.1, 0.15) is 11.5 Å². The third kappa shape index (κ3) is 2.58. The Labute approximate surface area is 123 Å². The molecule has 0 amide bonds.